The number of piperazine rings is 1. The van der Waals surface area contributed by atoms with Crippen LogP contribution in [0.15, 0.2) is 47.6 Å². The molecule has 1 N–H and O–H groups in total. The van der Waals surface area contributed by atoms with Crippen LogP contribution in [-0.2, 0) is 16.6 Å². The molecule has 0 amide bonds. The Morgan fingerprint density at radius 3 is 2.82 bits per heavy atom. The van der Waals surface area contributed by atoms with Crippen LogP contribution >= 0.6 is 0 Å². The Morgan fingerprint density at radius 2 is 2.09 bits per heavy atom. The zero-order valence-electron chi connectivity index (χ0n) is 12.5. The number of hydrogen-bond acceptors (Lipinski definition) is 4. The fourth-order valence-corrected chi connectivity index (χ4v) is 4.08. The minimum Gasteiger partial charge on any atom is -0.312 e. The second-order valence-corrected chi connectivity index (χ2v) is 7.52. The van der Waals surface area contributed by atoms with E-state index in [1.165, 1.54) is 10.5 Å². The Labute approximate surface area is 130 Å². The molecule has 1 aromatic carbocycles. The number of hydrogen-bond donors (Lipinski definition) is 1. The summed E-state index contributed by atoms with van der Waals surface area (Å²) in [6.45, 7) is 4.22. The topological polar surface area (TPSA) is 67.2 Å². The van der Waals surface area contributed by atoms with Gasteiger partial charge < -0.3 is 5.32 Å². The van der Waals surface area contributed by atoms with E-state index in [2.05, 4.69) is 10.4 Å². The molecule has 22 heavy (non-hydrogen) atoms. The summed E-state index contributed by atoms with van der Waals surface area (Å²) in [5.74, 6) is 0. The van der Waals surface area contributed by atoms with Crippen molar-refractivity contribution in [3.05, 3.63) is 48.3 Å². The lowest BCUT2D eigenvalue weighted by atomic mass is 10.2. The summed E-state index contributed by atoms with van der Waals surface area (Å²) in [5, 5.41) is 7.43. The van der Waals surface area contributed by atoms with E-state index in [1.54, 1.807) is 10.9 Å². The Bertz CT molecular complexity index is 727. The summed E-state index contributed by atoms with van der Waals surface area (Å²) >= 11 is 0. The lowest BCUT2D eigenvalue weighted by Crippen LogP contribution is -2.51. The summed E-state index contributed by atoms with van der Waals surface area (Å²) in [6, 6.07) is 10.0. The molecule has 0 bridgehead atoms. The first kappa shape index (κ1) is 15.2. The molecule has 2 heterocycles. The van der Waals surface area contributed by atoms with Gasteiger partial charge in [0.25, 0.3) is 0 Å². The van der Waals surface area contributed by atoms with E-state index in [9.17, 15) is 8.42 Å². The smallest absolute Gasteiger partial charge is 0.246 e. The predicted octanol–water partition coefficient (Wildman–Crippen LogP) is 0.914. The van der Waals surface area contributed by atoms with Crippen molar-refractivity contribution in [2.24, 2.45) is 0 Å². The zero-order valence-corrected chi connectivity index (χ0v) is 13.3. The van der Waals surface area contributed by atoms with Crippen LogP contribution in [0.2, 0.25) is 0 Å². The first-order valence-electron chi connectivity index (χ1n) is 7.35. The average Bonchev–Trinajstić information content (AvgIpc) is 2.97. The fraction of sp³-hybridized carbons (Fsp3) is 0.400. The number of rotatable bonds is 4. The van der Waals surface area contributed by atoms with Gasteiger partial charge in [-0.2, -0.15) is 9.40 Å². The van der Waals surface area contributed by atoms with Gasteiger partial charge in [-0.1, -0.05) is 30.3 Å². The Balaban J connectivity index is 1.77. The zero-order chi connectivity index (χ0) is 15.6. The molecular formula is C15H20N4O2S. The Kier molecular flexibility index (Phi) is 4.28. The van der Waals surface area contributed by atoms with Crippen LogP contribution < -0.4 is 5.32 Å². The highest BCUT2D eigenvalue weighted by Crippen LogP contribution is 2.17. The molecule has 1 aromatic heterocycles. The van der Waals surface area contributed by atoms with Crippen LogP contribution in [0.25, 0.3) is 0 Å². The minimum atomic E-state index is -3.46. The molecule has 3 rings (SSSR count). The van der Waals surface area contributed by atoms with Crippen molar-refractivity contribution in [2.45, 2.75) is 24.4 Å². The Morgan fingerprint density at radius 1 is 1.32 bits per heavy atom. The number of nitrogens with one attached hydrogen (secondary N) is 1. The van der Waals surface area contributed by atoms with Gasteiger partial charge in [0.05, 0.1) is 12.7 Å². The van der Waals surface area contributed by atoms with Gasteiger partial charge in [0.2, 0.25) is 10.0 Å². The highest BCUT2D eigenvalue weighted by Gasteiger charge is 2.29. The first-order chi connectivity index (χ1) is 10.6. The summed E-state index contributed by atoms with van der Waals surface area (Å²) in [7, 11) is -3.46. The van der Waals surface area contributed by atoms with E-state index in [0.717, 1.165) is 5.56 Å². The van der Waals surface area contributed by atoms with Crippen molar-refractivity contribution in [3.8, 4) is 0 Å². The molecule has 0 spiro atoms. The maximum Gasteiger partial charge on any atom is 0.246 e. The molecule has 2 aromatic rings. The van der Waals surface area contributed by atoms with E-state index in [0.29, 0.717) is 26.2 Å². The van der Waals surface area contributed by atoms with Gasteiger partial charge in [-0.3, -0.25) is 4.68 Å². The third-order valence-electron chi connectivity index (χ3n) is 3.77. The molecule has 0 saturated carbocycles. The summed E-state index contributed by atoms with van der Waals surface area (Å²) in [6.07, 6.45) is 3.04. The van der Waals surface area contributed by atoms with Gasteiger partial charge in [-0.15, -0.1) is 0 Å². The minimum absolute atomic E-state index is 0.169. The molecule has 0 unspecified atom stereocenters. The molecular weight excluding hydrogens is 300 g/mol. The van der Waals surface area contributed by atoms with E-state index in [1.807, 2.05) is 37.3 Å². The van der Waals surface area contributed by atoms with Gasteiger partial charge in [-0.25, -0.2) is 8.42 Å². The van der Waals surface area contributed by atoms with Crippen molar-refractivity contribution in [3.63, 3.8) is 0 Å². The summed E-state index contributed by atoms with van der Waals surface area (Å²) < 4.78 is 28.5. The van der Waals surface area contributed by atoms with Crippen molar-refractivity contribution >= 4 is 10.0 Å². The summed E-state index contributed by atoms with van der Waals surface area (Å²) in [5.41, 5.74) is 1.09. The van der Waals surface area contributed by atoms with Crippen LogP contribution in [0.4, 0.5) is 0 Å². The van der Waals surface area contributed by atoms with Crippen molar-refractivity contribution in [2.75, 3.05) is 19.6 Å². The van der Waals surface area contributed by atoms with Gasteiger partial charge in [-0.05, 0) is 12.5 Å². The quantitative estimate of drug-likeness (QED) is 0.909. The van der Waals surface area contributed by atoms with Crippen LogP contribution in [0, 0.1) is 0 Å². The third kappa shape index (κ3) is 3.21. The molecule has 1 saturated heterocycles. The van der Waals surface area contributed by atoms with Gasteiger partial charge in [0.1, 0.15) is 4.90 Å². The van der Waals surface area contributed by atoms with E-state index in [-0.39, 0.29) is 10.9 Å². The van der Waals surface area contributed by atoms with E-state index < -0.39 is 10.0 Å². The van der Waals surface area contributed by atoms with Crippen molar-refractivity contribution in [1.82, 2.24) is 19.4 Å². The van der Waals surface area contributed by atoms with Gasteiger partial charge in [0.15, 0.2) is 0 Å². The Hall–Kier alpha value is -1.70. The lowest BCUT2D eigenvalue weighted by molar-refractivity contribution is 0.310. The molecule has 1 atom stereocenters. The van der Waals surface area contributed by atoms with Gasteiger partial charge in [0, 0.05) is 31.9 Å². The largest absolute Gasteiger partial charge is 0.312 e. The molecule has 0 radical (unpaired) electrons. The molecule has 1 aliphatic heterocycles. The maximum absolute atomic E-state index is 12.6. The second kappa shape index (κ2) is 6.20. The fourth-order valence-electron chi connectivity index (χ4n) is 2.60. The average molecular weight is 320 g/mol. The maximum atomic E-state index is 12.6. The van der Waals surface area contributed by atoms with Crippen LogP contribution in [0.3, 0.4) is 0 Å². The highest BCUT2D eigenvalue weighted by atomic mass is 32.2. The van der Waals surface area contributed by atoms with E-state index in [4.69, 9.17) is 0 Å². The monoisotopic (exact) mass is 320 g/mol. The SMILES string of the molecule is C[C@@H]1CN(S(=O)(=O)c2cnn(Cc3ccccc3)c2)CCN1. The number of benzene rings is 1. The molecule has 1 aliphatic rings. The van der Waals surface area contributed by atoms with Crippen LogP contribution in [-0.4, -0.2) is 48.2 Å². The van der Waals surface area contributed by atoms with Crippen LogP contribution in [0.1, 0.15) is 12.5 Å². The van der Waals surface area contributed by atoms with Crippen molar-refractivity contribution in [1.29, 1.82) is 0 Å². The number of nitrogens with zero attached hydrogens (tertiary/aromatic N) is 3. The van der Waals surface area contributed by atoms with Crippen molar-refractivity contribution < 1.29 is 8.42 Å². The van der Waals surface area contributed by atoms with Gasteiger partial charge >= 0.3 is 0 Å². The third-order valence-corrected chi connectivity index (χ3v) is 5.58. The highest BCUT2D eigenvalue weighted by molar-refractivity contribution is 7.89. The number of aromatic nitrogens is 2. The normalized spacial score (nSPS) is 20.1. The molecule has 7 heteroatoms. The van der Waals surface area contributed by atoms with Crippen LogP contribution in [0.5, 0.6) is 0 Å². The molecule has 6 nitrogen and oxygen atoms in total. The molecule has 1 fully saturated rings. The predicted molar refractivity (Wildman–Crippen MR) is 84.0 cm³/mol. The van der Waals surface area contributed by atoms with E-state index >= 15 is 0 Å². The first-order valence-corrected chi connectivity index (χ1v) is 8.79. The summed E-state index contributed by atoms with van der Waals surface area (Å²) in [4.78, 5) is 0.262. The molecule has 0 aliphatic carbocycles. The molecule has 118 valence electrons. The standard InChI is InChI=1S/C15H20N4O2S/c1-13-10-19(8-7-16-13)22(20,21)15-9-17-18(12-15)11-14-5-3-2-4-6-14/h2-6,9,12-13,16H,7-8,10-11H2,1H3/t13-/m1/s1. The second-order valence-electron chi connectivity index (χ2n) is 5.58. The lowest BCUT2D eigenvalue weighted by Gasteiger charge is -2.30. The number of sulfonamides is 1.